The van der Waals surface area contributed by atoms with Crippen molar-refractivity contribution in [3.8, 4) is 6.07 Å². The summed E-state index contributed by atoms with van der Waals surface area (Å²) in [6.45, 7) is 4.42. The average Bonchev–Trinajstić information content (AvgIpc) is 2.26. The van der Waals surface area contributed by atoms with Crippen molar-refractivity contribution in [3.05, 3.63) is 29.6 Å². The zero-order chi connectivity index (χ0) is 12.8. The molecule has 1 aromatic carbocycles. The van der Waals surface area contributed by atoms with E-state index in [0.717, 1.165) is 0 Å². The molecule has 3 nitrogen and oxygen atoms in total. The van der Waals surface area contributed by atoms with Crippen LogP contribution in [0.1, 0.15) is 25.8 Å². The van der Waals surface area contributed by atoms with E-state index in [1.807, 2.05) is 19.9 Å². The Morgan fingerprint density at radius 2 is 2.18 bits per heavy atom. The van der Waals surface area contributed by atoms with Gasteiger partial charge in [0.25, 0.3) is 0 Å². The summed E-state index contributed by atoms with van der Waals surface area (Å²) >= 11 is 0. The van der Waals surface area contributed by atoms with E-state index in [2.05, 4.69) is 5.32 Å². The molecule has 4 heteroatoms. The second-order valence-electron chi connectivity index (χ2n) is 4.47. The molecular weight excluding hydrogens is 219 g/mol. The van der Waals surface area contributed by atoms with Crippen LogP contribution in [0.3, 0.4) is 0 Å². The van der Waals surface area contributed by atoms with Gasteiger partial charge in [-0.2, -0.15) is 5.26 Å². The fraction of sp³-hybridized carbons (Fsp3) is 0.462. The summed E-state index contributed by atoms with van der Waals surface area (Å²) in [5, 5.41) is 21.5. The number of rotatable bonds is 5. The molecule has 92 valence electrons. The first-order valence-corrected chi connectivity index (χ1v) is 5.64. The number of anilines is 1. The van der Waals surface area contributed by atoms with Crippen molar-refractivity contribution in [3.63, 3.8) is 0 Å². The van der Waals surface area contributed by atoms with Gasteiger partial charge in [0.1, 0.15) is 11.9 Å². The molecule has 0 heterocycles. The van der Waals surface area contributed by atoms with Crippen LogP contribution in [0, 0.1) is 23.1 Å². The Labute approximate surface area is 101 Å². The van der Waals surface area contributed by atoms with Crippen LogP contribution in [0.4, 0.5) is 10.1 Å². The zero-order valence-corrected chi connectivity index (χ0v) is 10.1. The Balaban J connectivity index is 2.61. The molecule has 0 bridgehead atoms. The van der Waals surface area contributed by atoms with Crippen molar-refractivity contribution in [2.45, 2.75) is 26.4 Å². The summed E-state index contributed by atoms with van der Waals surface area (Å²) in [4.78, 5) is 0. The van der Waals surface area contributed by atoms with E-state index in [1.54, 1.807) is 0 Å². The predicted molar refractivity (Wildman–Crippen MR) is 65.1 cm³/mol. The van der Waals surface area contributed by atoms with E-state index in [9.17, 15) is 9.50 Å². The van der Waals surface area contributed by atoms with Gasteiger partial charge in [0, 0.05) is 6.54 Å². The zero-order valence-electron chi connectivity index (χ0n) is 10.1. The highest BCUT2D eigenvalue weighted by Gasteiger charge is 2.08. The number of aliphatic hydroxyl groups excluding tert-OH is 1. The molecule has 0 spiro atoms. The summed E-state index contributed by atoms with van der Waals surface area (Å²) in [6.07, 6.45) is 0.224. The van der Waals surface area contributed by atoms with Crippen molar-refractivity contribution in [1.82, 2.24) is 0 Å². The van der Waals surface area contributed by atoms with Crippen LogP contribution >= 0.6 is 0 Å². The van der Waals surface area contributed by atoms with E-state index < -0.39 is 11.9 Å². The lowest BCUT2D eigenvalue weighted by Gasteiger charge is -2.15. The number of halogens is 1. The quantitative estimate of drug-likeness (QED) is 0.826. The van der Waals surface area contributed by atoms with Crippen LogP contribution in [0.15, 0.2) is 18.2 Å². The molecule has 0 aliphatic heterocycles. The highest BCUT2D eigenvalue weighted by atomic mass is 19.1. The van der Waals surface area contributed by atoms with Crippen molar-refractivity contribution in [2.24, 2.45) is 5.92 Å². The second kappa shape index (κ2) is 6.21. The fourth-order valence-corrected chi connectivity index (χ4v) is 1.62. The summed E-state index contributed by atoms with van der Waals surface area (Å²) in [7, 11) is 0. The molecule has 0 saturated carbocycles. The van der Waals surface area contributed by atoms with Crippen molar-refractivity contribution < 1.29 is 9.50 Å². The highest BCUT2D eigenvalue weighted by Crippen LogP contribution is 2.16. The largest absolute Gasteiger partial charge is 0.391 e. The molecule has 0 radical (unpaired) electrons. The summed E-state index contributed by atoms with van der Waals surface area (Å²) in [5.41, 5.74) is 0.804. The molecule has 1 rings (SSSR count). The van der Waals surface area contributed by atoms with Crippen LogP contribution in [0.5, 0.6) is 0 Å². The van der Waals surface area contributed by atoms with Crippen molar-refractivity contribution in [2.75, 3.05) is 11.9 Å². The van der Waals surface area contributed by atoms with E-state index in [1.165, 1.54) is 18.2 Å². The molecule has 0 aromatic heterocycles. The van der Waals surface area contributed by atoms with Crippen LogP contribution in [-0.2, 0) is 0 Å². The van der Waals surface area contributed by atoms with E-state index >= 15 is 0 Å². The monoisotopic (exact) mass is 236 g/mol. The molecule has 0 amide bonds. The molecule has 0 fully saturated rings. The van der Waals surface area contributed by atoms with Crippen LogP contribution in [-0.4, -0.2) is 17.8 Å². The van der Waals surface area contributed by atoms with Gasteiger partial charge in [-0.15, -0.1) is 0 Å². The Kier molecular flexibility index (Phi) is 4.92. The maximum absolute atomic E-state index is 12.9. The average molecular weight is 236 g/mol. The fourth-order valence-electron chi connectivity index (χ4n) is 1.62. The molecule has 1 aromatic rings. The molecule has 1 unspecified atom stereocenters. The first kappa shape index (κ1) is 13.5. The molecule has 0 aliphatic rings. The topological polar surface area (TPSA) is 56.0 Å². The molecule has 17 heavy (non-hydrogen) atoms. The first-order valence-electron chi connectivity index (χ1n) is 5.64. The van der Waals surface area contributed by atoms with Gasteiger partial charge >= 0.3 is 0 Å². The number of hydrogen-bond acceptors (Lipinski definition) is 3. The molecule has 1 atom stereocenters. The lowest BCUT2D eigenvalue weighted by molar-refractivity contribution is 0.161. The first-order chi connectivity index (χ1) is 8.02. The van der Waals surface area contributed by atoms with Crippen molar-refractivity contribution >= 4 is 5.69 Å². The van der Waals surface area contributed by atoms with Gasteiger partial charge in [-0.3, -0.25) is 0 Å². The third kappa shape index (κ3) is 4.41. The lowest BCUT2D eigenvalue weighted by atomic mass is 10.1. The summed E-state index contributed by atoms with van der Waals surface area (Å²) in [5.74, 6) is -0.0229. The SMILES string of the molecule is CC(C)CC(O)CNc1ccc(F)cc1C#N. The normalized spacial score (nSPS) is 12.2. The highest BCUT2D eigenvalue weighted by molar-refractivity contribution is 5.57. The third-order valence-corrected chi connectivity index (χ3v) is 2.37. The number of aliphatic hydroxyl groups is 1. The number of nitrogens with one attached hydrogen (secondary N) is 1. The minimum atomic E-state index is -0.466. The van der Waals surface area contributed by atoms with Gasteiger partial charge in [-0.25, -0.2) is 4.39 Å². The smallest absolute Gasteiger partial charge is 0.124 e. The molecule has 0 aliphatic carbocycles. The van der Waals surface area contributed by atoms with Crippen molar-refractivity contribution in [1.29, 1.82) is 5.26 Å². The van der Waals surface area contributed by atoms with Crippen LogP contribution < -0.4 is 5.32 Å². The van der Waals surface area contributed by atoms with Gasteiger partial charge in [0.15, 0.2) is 0 Å². The van der Waals surface area contributed by atoms with Gasteiger partial charge in [-0.1, -0.05) is 13.8 Å². The maximum Gasteiger partial charge on any atom is 0.124 e. The standard InChI is InChI=1S/C13H17FN2O/c1-9(2)5-12(17)8-16-13-4-3-11(14)6-10(13)7-15/h3-4,6,9,12,16-17H,5,8H2,1-2H3. The number of hydrogen-bond donors (Lipinski definition) is 2. The Bertz CT molecular complexity index is 412. The second-order valence-corrected chi connectivity index (χ2v) is 4.47. The number of benzene rings is 1. The molecular formula is C13H17FN2O. The minimum absolute atomic E-state index is 0.252. The van der Waals surface area contributed by atoms with Gasteiger partial charge in [0.2, 0.25) is 0 Å². The maximum atomic E-state index is 12.9. The minimum Gasteiger partial charge on any atom is -0.391 e. The van der Waals surface area contributed by atoms with Gasteiger partial charge in [0.05, 0.1) is 17.4 Å². The van der Waals surface area contributed by atoms with Crippen LogP contribution in [0.25, 0.3) is 0 Å². The summed E-state index contributed by atoms with van der Waals surface area (Å²) < 4.78 is 12.9. The van der Waals surface area contributed by atoms with E-state index in [0.29, 0.717) is 24.6 Å². The predicted octanol–water partition coefficient (Wildman–Crippen LogP) is 2.52. The Morgan fingerprint density at radius 1 is 1.47 bits per heavy atom. The third-order valence-electron chi connectivity index (χ3n) is 2.37. The van der Waals surface area contributed by atoms with Gasteiger partial charge < -0.3 is 10.4 Å². The lowest BCUT2D eigenvalue weighted by Crippen LogP contribution is -2.21. The summed E-state index contributed by atoms with van der Waals surface area (Å²) in [6, 6.07) is 5.89. The molecule has 2 N–H and O–H groups in total. The Morgan fingerprint density at radius 3 is 2.76 bits per heavy atom. The van der Waals surface area contributed by atoms with Gasteiger partial charge in [-0.05, 0) is 30.5 Å². The van der Waals surface area contributed by atoms with E-state index in [-0.39, 0.29) is 5.56 Å². The molecule has 0 saturated heterocycles. The number of nitrogens with zero attached hydrogens (tertiary/aromatic N) is 1. The van der Waals surface area contributed by atoms with E-state index in [4.69, 9.17) is 5.26 Å². The van der Waals surface area contributed by atoms with Crippen LogP contribution in [0.2, 0.25) is 0 Å². The Hall–Kier alpha value is -1.60. The number of nitriles is 1.